The maximum Gasteiger partial charge on any atom is 0.418 e. The summed E-state index contributed by atoms with van der Waals surface area (Å²) >= 11 is 0. The van der Waals surface area contributed by atoms with Crippen LogP contribution in [0.15, 0.2) is 42.6 Å². The Morgan fingerprint density at radius 1 is 1.17 bits per heavy atom. The summed E-state index contributed by atoms with van der Waals surface area (Å²) in [7, 11) is 3.79. The van der Waals surface area contributed by atoms with Gasteiger partial charge in [0.15, 0.2) is 0 Å². The Morgan fingerprint density at radius 2 is 1.93 bits per heavy atom. The third kappa shape index (κ3) is 4.91. The van der Waals surface area contributed by atoms with Crippen LogP contribution in [0.5, 0.6) is 0 Å². The summed E-state index contributed by atoms with van der Waals surface area (Å²) in [6, 6.07) is 7.99. The highest BCUT2D eigenvalue weighted by atomic mass is 19.4. The van der Waals surface area contributed by atoms with E-state index in [-0.39, 0.29) is 22.5 Å². The van der Waals surface area contributed by atoms with E-state index in [9.17, 15) is 22.4 Å². The second-order valence-electron chi connectivity index (χ2n) is 7.16. The summed E-state index contributed by atoms with van der Waals surface area (Å²) in [5.41, 5.74) is -0.284. The first-order valence-electron chi connectivity index (χ1n) is 9.33. The van der Waals surface area contributed by atoms with Crippen molar-refractivity contribution in [3.05, 3.63) is 59.5 Å². The largest absolute Gasteiger partial charge is 0.418 e. The van der Waals surface area contributed by atoms with Gasteiger partial charge in [-0.2, -0.15) is 13.2 Å². The molecule has 30 heavy (non-hydrogen) atoms. The average molecular weight is 422 g/mol. The molecule has 0 fully saturated rings. The smallest absolute Gasteiger partial charge is 0.385 e. The second-order valence-corrected chi connectivity index (χ2v) is 7.16. The van der Waals surface area contributed by atoms with E-state index >= 15 is 0 Å². The molecule has 5 nitrogen and oxygen atoms in total. The quantitative estimate of drug-likeness (QED) is 0.347. The Bertz CT molecular complexity index is 970. The van der Waals surface area contributed by atoms with E-state index in [1.54, 1.807) is 6.07 Å². The molecule has 2 aromatic rings. The Kier molecular flexibility index (Phi) is 6.31. The van der Waals surface area contributed by atoms with Gasteiger partial charge in [-0.15, -0.1) is 0 Å². The highest BCUT2D eigenvalue weighted by molar-refractivity contribution is 6.31. The van der Waals surface area contributed by atoms with Gasteiger partial charge in [0.25, 0.3) is 5.91 Å². The lowest BCUT2D eigenvalue weighted by Crippen LogP contribution is -2.17. The number of carbonyl (C=O) groups excluding carboxylic acids is 1. The fourth-order valence-corrected chi connectivity index (χ4v) is 3.14. The Morgan fingerprint density at radius 3 is 2.63 bits per heavy atom. The van der Waals surface area contributed by atoms with Gasteiger partial charge in [0.2, 0.25) is 0 Å². The van der Waals surface area contributed by atoms with Crippen LogP contribution in [0.1, 0.15) is 17.5 Å². The van der Waals surface area contributed by atoms with Gasteiger partial charge in [-0.1, -0.05) is 6.07 Å². The standard InChI is InChI=1S/C21H22F4N4O/c1-29(2)10-4-9-26-17-8-7-13(11-15(17)21(23,24)25)27-12-14-19-16(22)5-3-6-18(19)28-20(14)30/h3,5-8,11-12,26-27H,4,9-10H2,1-2H3,(H,28,30). The lowest BCUT2D eigenvalue weighted by Gasteiger charge is -2.17. The Hall–Kier alpha value is -3.07. The number of carbonyl (C=O) groups is 1. The van der Waals surface area contributed by atoms with Crippen LogP contribution in [-0.2, 0) is 11.0 Å². The summed E-state index contributed by atoms with van der Waals surface area (Å²) in [4.78, 5) is 14.1. The summed E-state index contributed by atoms with van der Waals surface area (Å²) in [5, 5.41) is 8.03. The zero-order valence-electron chi connectivity index (χ0n) is 16.5. The van der Waals surface area contributed by atoms with Crippen molar-refractivity contribution in [3.63, 3.8) is 0 Å². The van der Waals surface area contributed by atoms with E-state index in [1.807, 2.05) is 19.0 Å². The van der Waals surface area contributed by atoms with Crippen LogP contribution in [0.4, 0.5) is 34.6 Å². The number of amides is 1. The number of anilines is 3. The molecule has 3 rings (SSSR count). The topological polar surface area (TPSA) is 56.4 Å². The van der Waals surface area contributed by atoms with Gasteiger partial charge in [-0.25, -0.2) is 4.39 Å². The van der Waals surface area contributed by atoms with Crippen LogP contribution < -0.4 is 16.0 Å². The molecule has 1 aliphatic rings. The van der Waals surface area contributed by atoms with Gasteiger partial charge in [0.05, 0.1) is 16.8 Å². The number of rotatable bonds is 7. The summed E-state index contributed by atoms with van der Waals surface area (Å²) in [6.45, 7) is 1.15. The highest BCUT2D eigenvalue weighted by Gasteiger charge is 2.34. The molecule has 0 radical (unpaired) electrons. The molecule has 1 amide bonds. The van der Waals surface area contributed by atoms with Gasteiger partial charge < -0.3 is 20.9 Å². The normalized spacial score (nSPS) is 14.8. The van der Waals surface area contributed by atoms with Crippen molar-refractivity contribution >= 4 is 28.5 Å². The second kappa shape index (κ2) is 8.74. The van der Waals surface area contributed by atoms with E-state index < -0.39 is 23.5 Å². The predicted octanol–water partition coefficient (Wildman–Crippen LogP) is 4.61. The zero-order chi connectivity index (χ0) is 21.9. The first-order valence-corrected chi connectivity index (χ1v) is 9.33. The SMILES string of the molecule is CN(C)CCCNc1ccc(NC=C2C(=O)Nc3cccc(F)c32)cc1C(F)(F)F. The fourth-order valence-electron chi connectivity index (χ4n) is 3.14. The van der Waals surface area contributed by atoms with Gasteiger partial charge in [-0.3, -0.25) is 4.79 Å². The van der Waals surface area contributed by atoms with Crippen LogP contribution in [0.2, 0.25) is 0 Å². The van der Waals surface area contributed by atoms with E-state index in [0.717, 1.165) is 12.6 Å². The molecule has 0 saturated carbocycles. The first-order chi connectivity index (χ1) is 14.2. The third-order valence-electron chi connectivity index (χ3n) is 4.58. The molecule has 0 atom stereocenters. The van der Waals surface area contributed by atoms with Crippen molar-refractivity contribution in [2.45, 2.75) is 12.6 Å². The first kappa shape index (κ1) is 21.6. The lowest BCUT2D eigenvalue weighted by atomic mass is 10.1. The van der Waals surface area contributed by atoms with Crippen LogP contribution in [0.3, 0.4) is 0 Å². The van der Waals surface area contributed by atoms with Gasteiger partial charge in [-0.05, 0) is 57.4 Å². The van der Waals surface area contributed by atoms with Crippen molar-refractivity contribution in [1.29, 1.82) is 0 Å². The van der Waals surface area contributed by atoms with Crippen LogP contribution in [0.25, 0.3) is 5.57 Å². The molecule has 1 heterocycles. The van der Waals surface area contributed by atoms with Crippen LogP contribution >= 0.6 is 0 Å². The number of nitrogens with one attached hydrogen (secondary N) is 3. The van der Waals surface area contributed by atoms with Crippen molar-refractivity contribution in [2.24, 2.45) is 0 Å². The molecule has 0 bridgehead atoms. The van der Waals surface area contributed by atoms with Crippen molar-refractivity contribution in [2.75, 3.05) is 43.1 Å². The molecule has 2 aromatic carbocycles. The van der Waals surface area contributed by atoms with E-state index in [1.165, 1.54) is 30.5 Å². The van der Waals surface area contributed by atoms with Crippen LogP contribution in [-0.4, -0.2) is 38.0 Å². The van der Waals surface area contributed by atoms with Crippen molar-refractivity contribution < 1.29 is 22.4 Å². The molecular formula is C21H22F4N4O. The van der Waals surface area contributed by atoms with E-state index in [4.69, 9.17) is 0 Å². The number of fused-ring (bicyclic) bond motifs is 1. The molecule has 160 valence electrons. The molecule has 9 heteroatoms. The minimum absolute atomic E-state index is 0.0162. The zero-order valence-corrected chi connectivity index (χ0v) is 16.5. The maximum atomic E-state index is 14.1. The number of halogens is 4. The molecule has 3 N–H and O–H groups in total. The average Bonchev–Trinajstić information content (AvgIpc) is 2.99. The number of hydrogen-bond donors (Lipinski definition) is 3. The molecule has 1 aliphatic heterocycles. The number of benzene rings is 2. The minimum atomic E-state index is -4.56. The molecule has 0 spiro atoms. The third-order valence-corrected chi connectivity index (χ3v) is 4.58. The molecule has 0 aliphatic carbocycles. The monoisotopic (exact) mass is 422 g/mol. The van der Waals surface area contributed by atoms with E-state index in [2.05, 4.69) is 16.0 Å². The number of nitrogens with zero attached hydrogens (tertiary/aromatic N) is 1. The molecule has 0 saturated heterocycles. The van der Waals surface area contributed by atoms with Crippen LogP contribution in [0, 0.1) is 5.82 Å². The summed E-state index contributed by atoms with van der Waals surface area (Å²) < 4.78 is 54.6. The predicted molar refractivity (Wildman–Crippen MR) is 110 cm³/mol. The number of hydrogen-bond acceptors (Lipinski definition) is 4. The lowest BCUT2D eigenvalue weighted by molar-refractivity contribution is -0.136. The maximum absolute atomic E-state index is 14.1. The summed E-state index contributed by atoms with van der Waals surface area (Å²) in [6.07, 6.45) is -2.65. The highest BCUT2D eigenvalue weighted by Crippen LogP contribution is 2.37. The molecule has 0 unspecified atom stereocenters. The van der Waals surface area contributed by atoms with Crippen molar-refractivity contribution in [3.8, 4) is 0 Å². The van der Waals surface area contributed by atoms with Gasteiger partial charge in [0, 0.05) is 29.7 Å². The molecular weight excluding hydrogens is 400 g/mol. The molecule has 0 aromatic heterocycles. The minimum Gasteiger partial charge on any atom is -0.385 e. The Balaban J connectivity index is 1.81. The van der Waals surface area contributed by atoms with Gasteiger partial charge >= 0.3 is 6.18 Å². The van der Waals surface area contributed by atoms with E-state index in [0.29, 0.717) is 18.7 Å². The summed E-state index contributed by atoms with van der Waals surface area (Å²) in [5.74, 6) is -1.12. The van der Waals surface area contributed by atoms with Gasteiger partial charge in [0.1, 0.15) is 5.82 Å². The Labute approximate surface area is 171 Å². The fraction of sp³-hybridized carbons (Fsp3) is 0.286. The van der Waals surface area contributed by atoms with Crippen molar-refractivity contribution in [1.82, 2.24) is 4.90 Å². The number of alkyl halides is 3.